The normalized spacial score (nSPS) is 15.0. The summed E-state index contributed by atoms with van der Waals surface area (Å²) in [6.45, 7) is 3.13. The van der Waals surface area contributed by atoms with E-state index in [1.54, 1.807) is 18.0 Å². The van der Waals surface area contributed by atoms with Crippen LogP contribution in [0.3, 0.4) is 0 Å². The molecule has 0 spiro atoms. The van der Waals surface area contributed by atoms with Crippen molar-refractivity contribution in [2.75, 3.05) is 20.3 Å². The minimum atomic E-state index is -0.564. The molecule has 1 rings (SSSR count). The first kappa shape index (κ1) is 13.6. The summed E-state index contributed by atoms with van der Waals surface area (Å²) in [5, 5.41) is 13.7. The smallest absolute Gasteiger partial charge is 0.0969 e. The number of nitrogens with zero attached hydrogens (tertiary/aromatic N) is 2. The molecule has 92 valence electrons. The van der Waals surface area contributed by atoms with E-state index in [2.05, 4.69) is 21.0 Å². The molecule has 6 heteroatoms. The van der Waals surface area contributed by atoms with E-state index in [0.29, 0.717) is 13.2 Å². The number of aliphatic hydroxyl groups is 1. The van der Waals surface area contributed by atoms with Crippen molar-refractivity contribution in [3.8, 4) is 0 Å². The molecule has 0 radical (unpaired) electrons. The van der Waals surface area contributed by atoms with E-state index >= 15 is 0 Å². The van der Waals surface area contributed by atoms with Crippen LogP contribution in [-0.2, 0) is 16.0 Å². The van der Waals surface area contributed by atoms with Crippen molar-refractivity contribution >= 4 is 15.9 Å². The van der Waals surface area contributed by atoms with E-state index in [1.807, 2.05) is 13.1 Å². The number of methoxy groups -OCH3 is 1. The SMILES string of the molecule is COCC(C)OCC(O)Cn1cc(Br)cn1. The zero-order valence-electron chi connectivity index (χ0n) is 9.47. The summed E-state index contributed by atoms with van der Waals surface area (Å²) >= 11 is 3.29. The second kappa shape index (κ2) is 7.01. The molecule has 0 fully saturated rings. The number of hydrogen-bond donors (Lipinski definition) is 1. The van der Waals surface area contributed by atoms with Gasteiger partial charge in [0.1, 0.15) is 0 Å². The standard InChI is InChI=1S/C10H17BrN2O3/c1-8(6-15-2)16-7-10(14)5-13-4-9(11)3-12-13/h3-4,8,10,14H,5-7H2,1-2H3. The van der Waals surface area contributed by atoms with Gasteiger partial charge in [-0.1, -0.05) is 0 Å². The van der Waals surface area contributed by atoms with Gasteiger partial charge in [-0.3, -0.25) is 4.68 Å². The minimum Gasteiger partial charge on any atom is -0.389 e. The monoisotopic (exact) mass is 292 g/mol. The van der Waals surface area contributed by atoms with Crippen LogP contribution in [-0.4, -0.2) is 47.4 Å². The van der Waals surface area contributed by atoms with E-state index in [9.17, 15) is 5.11 Å². The highest BCUT2D eigenvalue weighted by Gasteiger charge is 2.09. The summed E-state index contributed by atoms with van der Waals surface area (Å²) in [5.74, 6) is 0. The number of halogens is 1. The Morgan fingerprint density at radius 2 is 2.31 bits per heavy atom. The Morgan fingerprint density at radius 3 is 2.88 bits per heavy atom. The van der Waals surface area contributed by atoms with Gasteiger partial charge in [0.25, 0.3) is 0 Å². The Labute approximate surface area is 103 Å². The largest absolute Gasteiger partial charge is 0.389 e. The van der Waals surface area contributed by atoms with Gasteiger partial charge in [-0.15, -0.1) is 0 Å². The van der Waals surface area contributed by atoms with E-state index in [0.717, 1.165) is 4.47 Å². The van der Waals surface area contributed by atoms with E-state index < -0.39 is 6.10 Å². The van der Waals surface area contributed by atoms with Gasteiger partial charge in [0.15, 0.2) is 0 Å². The van der Waals surface area contributed by atoms with Crippen LogP contribution in [0, 0.1) is 0 Å². The van der Waals surface area contributed by atoms with Gasteiger partial charge in [-0.05, 0) is 22.9 Å². The molecule has 1 heterocycles. The zero-order valence-corrected chi connectivity index (χ0v) is 11.1. The summed E-state index contributed by atoms with van der Waals surface area (Å²) in [4.78, 5) is 0. The molecule has 5 nitrogen and oxygen atoms in total. The molecule has 0 aromatic carbocycles. The summed E-state index contributed by atoms with van der Waals surface area (Å²) in [7, 11) is 1.62. The van der Waals surface area contributed by atoms with Crippen molar-refractivity contribution in [1.82, 2.24) is 9.78 Å². The van der Waals surface area contributed by atoms with Crippen LogP contribution in [0.4, 0.5) is 0 Å². The molecule has 2 unspecified atom stereocenters. The van der Waals surface area contributed by atoms with Crippen LogP contribution < -0.4 is 0 Å². The van der Waals surface area contributed by atoms with Gasteiger partial charge >= 0.3 is 0 Å². The van der Waals surface area contributed by atoms with Gasteiger partial charge in [-0.2, -0.15) is 5.10 Å². The van der Waals surface area contributed by atoms with Gasteiger partial charge in [0.05, 0.1) is 42.6 Å². The summed E-state index contributed by atoms with van der Waals surface area (Å²) < 4.78 is 12.9. The molecule has 0 aliphatic rings. The first-order chi connectivity index (χ1) is 7.61. The number of aliphatic hydroxyl groups excluding tert-OH is 1. The van der Waals surface area contributed by atoms with Crippen molar-refractivity contribution in [1.29, 1.82) is 0 Å². The predicted molar refractivity (Wildman–Crippen MR) is 63.2 cm³/mol. The first-order valence-electron chi connectivity index (χ1n) is 5.08. The maximum atomic E-state index is 9.69. The molecule has 2 atom stereocenters. The van der Waals surface area contributed by atoms with Gasteiger partial charge in [0.2, 0.25) is 0 Å². The van der Waals surface area contributed by atoms with Gasteiger partial charge in [0, 0.05) is 13.3 Å². The molecule has 1 aromatic rings. The van der Waals surface area contributed by atoms with E-state index in [-0.39, 0.29) is 12.7 Å². The average molecular weight is 293 g/mol. The van der Waals surface area contributed by atoms with Crippen LogP contribution in [0.5, 0.6) is 0 Å². The van der Waals surface area contributed by atoms with Crippen molar-refractivity contribution in [2.45, 2.75) is 25.7 Å². The fourth-order valence-corrected chi connectivity index (χ4v) is 1.59. The molecule has 1 N–H and O–H groups in total. The Morgan fingerprint density at radius 1 is 1.56 bits per heavy atom. The Balaban J connectivity index is 2.23. The topological polar surface area (TPSA) is 56.5 Å². The first-order valence-corrected chi connectivity index (χ1v) is 5.87. The van der Waals surface area contributed by atoms with Crippen LogP contribution >= 0.6 is 15.9 Å². The number of aromatic nitrogens is 2. The molecule has 16 heavy (non-hydrogen) atoms. The quantitative estimate of drug-likeness (QED) is 0.816. The number of ether oxygens (including phenoxy) is 2. The van der Waals surface area contributed by atoms with Crippen LogP contribution in [0.15, 0.2) is 16.9 Å². The summed E-state index contributed by atoms with van der Waals surface area (Å²) in [5.41, 5.74) is 0. The second-order valence-electron chi connectivity index (χ2n) is 3.63. The summed E-state index contributed by atoms with van der Waals surface area (Å²) in [6.07, 6.45) is 2.92. The molecule has 0 aliphatic heterocycles. The fraction of sp³-hybridized carbons (Fsp3) is 0.700. The molecule has 0 saturated heterocycles. The lowest BCUT2D eigenvalue weighted by Gasteiger charge is -2.15. The highest BCUT2D eigenvalue weighted by molar-refractivity contribution is 9.10. The fourth-order valence-electron chi connectivity index (χ4n) is 1.26. The van der Waals surface area contributed by atoms with Gasteiger partial charge in [-0.25, -0.2) is 0 Å². The summed E-state index contributed by atoms with van der Waals surface area (Å²) in [6, 6.07) is 0. The van der Waals surface area contributed by atoms with Gasteiger partial charge < -0.3 is 14.6 Å². The highest BCUT2D eigenvalue weighted by Crippen LogP contribution is 2.06. The molecule has 0 amide bonds. The Kier molecular flexibility index (Phi) is 5.97. The molecule has 0 bridgehead atoms. The lowest BCUT2D eigenvalue weighted by molar-refractivity contribution is -0.0364. The third kappa shape index (κ3) is 5.07. The number of rotatable bonds is 7. The molecular formula is C10H17BrN2O3. The second-order valence-corrected chi connectivity index (χ2v) is 4.55. The Hall–Kier alpha value is -0.430. The molecule has 1 aromatic heterocycles. The zero-order chi connectivity index (χ0) is 12.0. The van der Waals surface area contributed by atoms with E-state index in [1.165, 1.54) is 0 Å². The third-order valence-electron chi connectivity index (χ3n) is 1.97. The molecule has 0 aliphatic carbocycles. The van der Waals surface area contributed by atoms with Crippen LogP contribution in [0.2, 0.25) is 0 Å². The molecular weight excluding hydrogens is 276 g/mol. The predicted octanol–water partition coefficient (Wildman–Crippen LogP) is 1.06. The van der Waals surface area contributed by atoms with Crippen LogP contribution in [0.1, 0.15) is 6.92 Å². The highest BCUT2D eigenvalue weighted by atomic mass is 79.9. The minimum absolute atomic E-state index is 0.0102. The van der Waals surface area contributed by atoms with Crippen molar-refractivity contribution in [3.05, 3.63) is 16.9 Å². The van der Waals surface area contributed by atoms with Crippen molar-refractivity contribution < 1.29 is 14.6 Å². The number of hydrogen-bond acceptors (Lipinski definition) is 4. The lowest BCUT2D eigenvalue weighted by Crippen LogP contribution is -2.26. The third-order valence-corrected chi connectivity index (χ3v) is 2.38. The van der Waals surface area contributed by atoms with Crippen molar-refractivity contribution in [2.24, 2.45) is 0 Å². The maximum absolute atomic E-state index is 9.69. The van der Waals surface area contributed by atoms with Crippen LogP contribution in [0.25, 0.3) is 0 Å². The van der Waals surface area contributed by atoms with Crippen molar-refractivity contribution in [3.63, 3.8) is 0 Å². The lowest BCUT2D eigenvalue weighted by atomic mass is 10.3. The average Bonchev–Trinajstić information content (AvgIpc) is 2.61. The molecule has 0 saturated carbocycles. The van der Waals surface area contributed by atoms with E-state index in [4.69, 9.17) is 9.47 Å². The Bertz CT molecular complexity index is 306. The maximum Gasteiger partial charge on any atom is 0.0969 e.